The van der Waals surface area contributed by atoms with Gasteiger partial charge < -0.3 is 14.7 Å². The van der Waals surface area contributed by atoms with Crippen LogP contribution >= 0.6 is 11.6 Å². The average molecular weight is 289 g/mol. The van der Waals surface area contributed by atoms with Gasteiger partial charge in [-0.3, -0.25) is 0 Å². The summed E-state index contributed by atoms with van der Waals surface area (Å²) in [5.74, 6) is 0.452. The molecule has 1 heterocycles. The van der Waals surface area contributed by atoms with Gasteiger partial charge in [0.2, 0.25) is 11.2 Å². The van der Waals surface area contributed by atoms with Gasteiger partial charge in [0.1, 0.15) is 0 Å². The van der Waals surface area contributed by atoms with Crippen LogP contribution in [0, 0.1) is 0 Å². The van der Waals surface area contributed by atoms with E-state index in [1.807, 2.05) is 11.8 Å². The van der Waals surface area contributed by atoms with Gasteiger partial charge in [-0.2, -0.15) is 15.0 Å². The summed E-state index contributed by atoms with van der Waals surface area (Å²) in [5, 5.41) is 9.21. The van der Waals surface area contributed by atoms with Crippen molar-refractivity contribution in [1.82, 2.24) is 15.0 Å². The Balaban J connectivity index is 2.84. The van der Waals surface area contributed by atoms with E-state index >= 15 is 0 Å². The van der Waals surface area contributed by atoms with Crippen LogP contribution in [-0.4, -0.2) is 46.4 Å². The second kappa shape index (κ2) is 8.87. The monoisotopic (exact) mass is 288 g/mol. The smallest absolute Gasteiger partial charge is 0.322 e. The van der Waals surface area contributed by atoms with Gasteiger partial charge in [0, 0.05) is 13.1 Å². The third-order valence-electron chi connectivity index (χ3n) is 2.45. The molecular formula is C12H21ClN4O2. The third kappa shape index (κ3) is 5.57. The normalized spacial score (nSPS) is 10.5. The number of hydrogen-bond acceptors (Lipinski definition) is 6. The van der Waals surface area contributed by atoms with Crippen LogP contribution in [0.25, 0.3) is 0 Å². The van der Waals surface area contributed by atoms with Crippen molar-refractivity contribution in [3.63, 3.8) is 0 Å². The highest BCUT2D eigenvalue weighted by Crippen LogP contribution is 2.15. The molecule has 108 valence electrons. The minimum absolute atomic E-state index is 0.0398. The first-order chi connectivity index (χ1) is 9.21. The first kappa shape index (κ1) is 15.9. The van der Waals surface area contributed by atoms with Crippen LogP contribution in [-0.2, 0) is 0 Å². The zero-order chi connectivity index (χ0) is 14.1. The molecule has 0 amide bonds. The van der Waals surface area contributed by atoms with E-state index in [0.717, 1.165) is 25.8 Å². The molecule has 0 aliphatic carbocycles. The van der Waals surface area contributed by atoms with Crippen molar-refractivity contribution in [3.05, 3.63) is 5.28 Å². The Morgan fingerprint density at radius 3 is 2.58 bits per heavy atom. The summed E-state index contributed by atoms with van der Waals surface area (Å²) in [6.07, 6.45) is 2.92. The summed E-state index contributed by atoms with van der Waals surface area (Å²) in [7, 11) is 0. The molecule has 0 unspecified atom stereocenters. The zero-order valence-corrected chi connectivity index (χ0v) is 12.2. The third-order valence-corrected chi connectivity index (χ3v) is 2.61. The average Bonchev–Trinajstić information content (AvgIpc) is 2.40. The predicted molar refractivity (Wildman–Crippen MR) is 74.8 cm³/mol. The van der Waals surface area contributed by atoms with Crippen LogP contribution in [0.2, 0.25) is 5.28 Å². The van der Waals surface area contributed by atoms with Crippen molar-refractivity contribution >= 4 is 17.5 Å². The van der Waals surface area contributed by atoms with Gasteiger partial charge in [0.15, 0.2) is 0 Å². The molecule has 0 spiro atoms. The topological polar surface area (TPSA) is 71.4 Å². The fourth-order valence-corrected chi connectivity index (χ4v) is 1.65. The lowest BCUT2D eigenvalue weighted by molar-refractivity contribution is 0.288. The minimum atomic E-state index is 0.0398. The number of aromatic nitrogens is 3. The van der Waals surface area contributed by atoms with Crippen LogP contribution in [0.4, 0.5) is 5.95 Å². The van der Waals surface area contributed by atoms with Crippen LogP contribution in [0.5, 0.6) is 6.01 Å². The van der Waals surface area contributed by atoms with Crippen molar-refractivity contribution in [1.29, 1.82) is 0 Å². The Hall–Kier alpha value is -1.14. The molecule has 0 aliphatic rings. The highest BCUT2D eigenvalue weighted by Gasteiger charge is 2.13. The summed E-state index contributed by atoms with van der Waals surface area (Å²) in [6, 6.07) is 0.233. The molecule has 0 bridgehead atoms. The first-order valence-corrected chi connectivity index (χ1v) is 6.99. The Bertz CT molecular complexity index is 379. The number of aliphatic hydroxyl groups is 1. The molecule has 19 heavy (non-hydrogen) atoms. The standard InChI is InChI=1S/C12H21ClN4O2/c1-3-5-6-17(7-8-18)11-14-10(13)15-12(16-11)19-9-4-2/h18H,3-9H2,1-2H3. The molecule has 1 rings (SSSR count). The van der Waals surface area contributed by atoms with Gasteiger partial charge in [-0.1, -0.05) is 20.3 Å². The van der Waals surface area contributed by atoms with E-state index in [-0.39, 0.29) is 17.9 Å². The number of unbranched alkanes of at least 4 members (excludes halogenated alkanes) is 1. The second-order valence-corrected chi connectivity index (χ2v) is 4.44. The Labute approximate surface area is 118 Å². The maximum atomic E-state index is 9.10. The van der Waals surface area contributed by atoms with Crippen molar-refractivity contribution in [2.24, 2.45) is 0 Å². The lowest BCUT2D eigenvalue weighted by atomic mass is 10.3. The molecule has 0 radical (unpaired) electrons. The molecule has 7 heteroatoms. The van der Waals surface area contributed by atoms with Crippen LogP contribution in [0.3, 0.4) is 0 Å². The quantitative estimate of drug-likeness (QED) is 0.748. The highest BCUT2D eigenvalue weighted by atomic mass is 35.5. The van der Waals surface area contributed by atoms with Crippen LogP contribution in [0.15, 0.2) is 0 Å². The van der Waals surface area contributed by atoms with E-state index in [0.29, 0.717) is 19.1 Å². The van der Waals surface area contributed by atoms with E-state index in [2.05, 4.69) is 21.9 Å². The number of anilines is 1. The van der Waals surface area contributed by atoms with E-state index in [1.165, 1.54) is 0 Å². The number of nitrogens with zero attached hydrogens (tertiary/aromatic N) is 4. The van der Waals surface area contributed by atoms with E-state index < -0.39 is 0 Å². The highest BCUT2D eigenvalue weighted by molar-refractivity contribution is 6.28. The van der Waals surface area contributed by atoms with Crippen molar-refractivity contribution in [2.45, 2.75) is 33.1 Å². The molecule has 0 aromatic carbocycles. The number of aliphatic hydroxyl groups excluding tert-OH is 1. The number of hydrogen-bond donors (Lipinski definition) is 1. The van der Waals surface area contributed by atoms with Crippen LogP contribution < -0.4 is 9.64 Å². The Morgan fingerprint density at radius 2 is 1.95 bits per heavy atom. The Kier molecular flexibility index (Phi) is 7.43. The largest absolute Gasteiger partial charge is 0.463 e. The molecule has 0 saturated heterocycles. The molecule has 0 atom stereocenters. The number of rotatable bonds is 9. The lowest BCUT2D eigenvalue weighted by Gasteiger charge is -2.21. The fourth-order valence-electron chi connectivity index (χ4n) is 1.50. The van der Waals surface area contributed by atoms with Crippen molar-refractivity contribution < 1.29 is 9.84 Å². The summed E-state index contributed by atoms with van der Waals surface area (Å²) in [5.41, 5.74) is 0. The molecule has 6 nitrogen and oxygen atoms in total. The van der Waals surface area contributed by atoms with E-state index in [4.69, 9.17) is 21.4 Å². The fraction of sp³-hybridized carbons (Fsp3) is 0.750. The van der Waals surface area contributed by atoms with Gasteiger partial charge >= 0.3 is 6.01 Å². The van der Waals surface area contributed by atoms with Crippen molar-refractivity contribution in [3.8, 4) is 6.01 Å². The van der Waals surface area contributed by atoms with Gasteiger partial charge in [0.25, 0.3) is 0 Å². The molecule has 1 N–H and O–H groups in total. The van der Waals surface area contributed by atoms with E-state index in [1.54, 1.807) is 0 Å². The maximum absolute atomic E-state index is 9.10. The second-order valence-electron chi connectivity index (χ2n) is 4.10. The molecule has 1 aromatic rings. The molecule has 0 fully saturated rings. The summed E-state index contributed by atoms with van der Waals surface area (Å²) < 4.78 is 5.37. The van der Waals surface area contributed by atoms with Gasteiger partial charge in [-0.05, 0) is 24.4 Å². The lowest BCUT2D eigenvalue weighted by Crippen LogP contribution is -2.29. The maximum Gasteiger partial charge on any atom is 0.322 e. The zero-order valence-electron chi connectivity index (χ0n) is 11.5. The minimum Gasteiger partial charge on any atom is -0.463 e. The number of halogens is 1. The molecular weight excluding hydrogens is 268 g/mol. The SMILES string of the molecule is CCCCN(CCO)c1nc(Cl)nc(OCCC)n1. The molecule has 0 saturated carbocycles. The van der Waals surface area contributed by atoms with Crippen molar-refractivity contribution in [2.75, 3.05) is 31.2 Å². The Morgan fingerprint density at radius 1 is 1.16 bits per heavy atom. The molecule has 1 aromatic heterocycles. The molecule has 0 aliphatic heterocycles. The predicted octanol–water partition coefficient (Wildman–Crippen LogP) is 1.91. The van der Waals surface area contributed by atoms with E-state index in [9.17, 15) is 0 Å². The van der Waals surface area contributed by atoms with Gasteiger partial charge in [0.05, 0.1) is 13.2 Å². The summed E-state index contributed by atoms with van der Waals surface area (Å²) in [4.78, 5) is 14.1. The summed E-state index contributed by atoms with van der Waals surface area (Å²) >= 11 is 5.88. The van der Waals surface area contributed by atoms with Gasteiger partial charge in [-0.15, -0.1) is 0 Å². The van der Waals surface area contributed by atoms with Gasteiger partial charge in [-0.25, -0.2) is 0 Å². The number of ether oxygens (including phenoxy) is 1. The summed E-state index contributed by atoms with van der Waals surface area (Å²) in [6.45, 7) is 5.92. The first-order valence-electron chi connectivity index (χ1n) is 6.61. The van der Waals surface area contributed by atoms with Crippen LogP contribution in [0.1, 0.15) is 33.1 Å².